The van der Waals surface area contributed by atoms with Gasteiger partial charge in [0.25, 0.3) is 0 Å². The van der Waals surface area contributed by atoms with E-state index in [1.54, 1.807) is 6.07 Å². The van der Waals surface area contributed by atoms with Crippen molar-refractivity contribution in [2.45, 2.75) is 32.4 Å². The second-order valence-electron chi connectivity index (χ2n) is 4.45. The molecule has 0 spiro atoms. The zero-order chi connectivity index (χ0) is 11.1. The maximum atomic E-state index is 13.1. The molecule has 2 aromatic rings. The van der Waals surface area contributed by atoms with Gasteiger partial charge in [-0.3, -0.25) is 0 Å². The third-order valence-corrected chi connectivity index (χ3v) is 3.13. The average Bonchev–Trinajstić information content (AvgIpc) is 3.04. The molecule has 3 heteroatoms. The van der Waals surface area contributed by atoms with Crippen LogP contribution in [0.3, 0.4) is 0 Å². The van der Waals surface area contributed by atoms with Gasteiger partial charge in [-0.05, 0) is 43.5 Å². The number of rotatable bonds is 3. The highest BCUT2D eigenvalue weighted by molar-refractivity contribution is 5.82. The molecule has 1 heterocycles. The Hall–Kier alpha value is -1.35. The number of halogens is 1. The van der Waals surface area contributed by atoms with Gasteiger partial charge >= 0.3 is 0 Å². The number of fused-ring (bicyclic) bond motifs is 1. The van der Waals surface area contributed by atoms with Crippen molar-refractivity contribution >= 4 is 11.0 Å². The lowest BCUT2D eigenvalue weighted by molar-refractivity contribution is 0.508. The predicted octanol–water partition coefficient (Wildman–Crippen LogP) is 3.13. The number of aryl methyl sites for hydroxylation is 1. The minimum Gasteiger partial charge on any atom is -0.459 e. The maximum absolute atomic E-state index is 13.1. The van der Waals surface area contributed by atoms with Gasteiger partial charge in [0.15, 0.2) is 0 Å². The van der Waals surface area contributed by atoms with Crippen LogP contribution < -0.4 is 5.32 Å². The van der Waals surface area contributed by atoms with Crippen LogP contribution in [0.4, 0.5) is 4.39 Å². The highest BCUT2D eigenvalue weighted by atomic mass is 19.1. The number of nitrogens with one attached hydrogen (secondary N) is 1. The fourth-order valence-corrected chi connectivity index (χ4v) is 1.94. The number of benzene rings is 1. The van der Waals surface area contributed by atoms with Crippen LogP contribution in [-0.2, 0) is 6.54 Å². The largest absolute Gasteiger partial charge is 0.459 e. The van der Waals surface area contributed by atoms with Crippen LogP contribution in [0.5, 0.6) is 0 Å². The van der Waals surface area contributed by atoms with E-state index in [0.717, 1.165) is 28.8 Å². The molecule has 84 valence electrons. The second-order valence-corrected chi connectivity index (χ2v) is 4.45. The summed E-state index contributed by atoms with van der Waals surface area (Å²) in [4.78, 5) is 0. The van der Waals surface area contributed by atoms with Gasteiger partial charge < -0.3 is 9.73 Å². The maximum Gasteiger partial charge on any atom is 0.134 e. The highest BCUT2D eigenvalue weighted by Crippen LogP contribution is 2.27. The summed E-state index contributed by atoms with van der Waals surface area (Å²) in [7, 11) is 0. The van der Waals surface area contributed by atoms with Crippen molar-refractivity contribution < 1.29 is 8.81 Å². The third kappa shape index (κ3) is 1.71. The van der Waals surface area contributed by atoms with Crippen molar-refractivity contribution in [1.82, 2.24) is 5.32 Å². The summed E-state index contributed by atoms with van der Waals surface area (Å²) in [6.45, 7) is 2.72. The molecule has 0 atom stereocenters. The Balaban J connectivity index is 1.94. The van der Waals surface area contributed by atoms with Gasteiger partial charge in [-0.25, -0.2) is 4.39 Å². The minimum atomic E-state index is -0.210. The number of hydrogen-bond donors (Lipinski definition) is 1. The first-order valence-corrected chi connectivity index (χ1v) is 5.65. The van der Waals surface area contributed by atoms with E-state index in [0.29, 0.717) is 6.04 Å². The van der Waals surface area contributed by atoms with E-state index < -0.39 is 0 Å². The second kappa shape index (κ2) is 3.59. The molecule has 0 radical (unpaired) electrons. The SMILES string of the molecule is Cc1c(CNC2CC2)oc2ccc(F)cc12. The van der Waals surface area contributed by atoms with E-state index in [9.17, 15) is 4.39 Å². The summed E-state index contributed by atoms with van der Waals surface area (Å²) < 4.78 is 18.8. The Morgan fingerprint density at radius 2 is 2.25 bits per heavy atom. The molecule has 0 aliphatic heterocycles. The Kier molecular flexibility index (Phi) is 2.21. The molecule has 0 saturated heterocycles. The monoisotopic (exact) mass is 219 g/mol. The van der Waals surface area contributed by atoms with Gasteiger partial charge in [0.2, 0.25) is 0 Å². The molecular weight excluding hydrogens is 205 g/mol. The third-order valence-electron chi connectivity index (χ3n) is 3.13. The average molecular weight is 219 g/mol. The van der Waals surface area contributed by atoms with Gasteiger partial charge in [-0.2, -0.15) is 0 Å². The lowest BCUT2D eigenvalue weighted by Crippen LogP contribution is -2.15. The van der Waals surface area contributed by atoms with Crippen LogP contribution in [-0.4, -0.2) is 6.04 Å². The molecule has 0 bridgehead atoms. The van der Waals surface area contributed by atoms with E-state index in [1.165, 1.54) is 25.0 Å². The summed E-state index contributed by atoms with van der Waals surface area (Å²) in [5.41, 5.74) is 1.81. The van der Waals surface area contributed by atoms with Gasteiger partial charge in [0.05, 0.1) is 6.54 Å². The molecule has 1 aromatic heterocycles. The molecule has 0 amide bonds. The van der Waals surface area contributed by atoms with E-state index in [2.05, 4.69) is 5.32 Å². The van der Waals surface area contributed by atoms with Gasteiger partial charge in [0.1, 0.15) is 17.2 Å². The summed E-state index contributed by atoms with van der Waals surface area (Å²) >= 11 is 0. The minimum absolute atomic E-state index is 0.210. The topological polar surface area (TPSA) is 25.2 Å². The van der Waals surface area contributed by atoms with Crippen molar-refractivity contribution in [2.24, 2.45) is 0 Å². The first-order valence-electron chi connectivity index (χ1n) is 5.65. The molecule has 1 aliphatic rings. The fraction of sp³-hybridized carbons (Fsp3) is 0.385. The summed E-state index contributed by atoms with van der Waals surface area (Å²) in [5, 5.41) is 4.28. The summed E-state index contributed by atoms with van der Waals surface area (Å²) in [5.74, 6) is 0.714. The molecule has 1 fully saturated rings. The van der Waals surface area contributed by atoms with Crippen molar-refractivity contribution in [3.8, 4) is 0 Å². The first-order chi connectivity index (χ1) is 7.74. The van der Waals surface area contributed by atoms with E-state index in [1.807, 2.05) is 6.92 Å². The van der Waals surface area contributed by atoms with Crippen molar-refractivity contribution in [2.75, 3.05) is 0 Å². The smallest absolute Gasteiger partial charge is 0.134 e. The van der Waals surface area contributed by atoms with Crippen LogP contribution in [0.25, 0.3) is 11.0 Å². The highest BCUT2D eigenvalue weighted by Gasteiger charge is 2.21. The van der Waals surface area contributed by atoms with Crippen LogP contribution in [0.2, 0.25) is 0 Å². The number of hydrogen-bond acceptors (Lipinski definition) is 2. The fourth-order valence-electron chi connectivity index (χ4n) is 1.94. The molecule has 1 aliphatic carbocycles. The Morgan fingerprint density at radius 1 is 1.44 bits per heavy atom. The van der Waals surface area contributed by atoms with E-state index in [4.69, 9.17) is 4.42 Å². The van der Waals surface area contributed by atoms with Crippen molar-refractivity contribution in [3.05, 3.63) is 35.3 Å². The van der Waals surface area contributed by atoms with Crippen LogP contribution >= 0.6 is 0 Å². The molecule has 16 heavy (non-hydrogen) atoms. The van der Waals surface area contributed by atoms with Crippen LogP contribution in [0.15, 0.2) is 22.6 Å². The summed E-state index contributed by atoms with van der Waals surface area (Å²) in [6, 6.07) is 5.32. The molecule has 1 N–H and O–H groups in total. The Bertz CT molecular complexity index is 528. The Morgan fingerprint density at radius 3 is 3.00 bits per heavy atom. The van der Waals surface area contributed by atoms with E-state index >= 15 is 0 Å². The van der Waals surface area contributed by atoms with E-state index in [-0.39, 0.29) is 5.82 Å². The molecule has 1 aromatic carbocycles. The zero-order valence-electron chi connectivity index (χ0n) is 9.22. The number of furan rings is 1. The Labute approximate surface area is 93.4 Å². The summed E-state index contributed by atoms with van der Waals surface area (Å²) in [6.07, 6.45) is 2.52. The van der Waals surface area contributed by atoms with Crippen LogP contribution in [0.1, 0.15) is 24.2 Å². The lowest BCUT2D eigenvalue weighted by Gasteiger charge is -1.99. The molecule has 1 saturated carbocycles. The molecule has 2 nitrogen and oxygen atoms in total. The van der Waals surface area contributed by atoms with Crippen molar-refractivity contribution in [3.63, 3.8) is 0 Å². The normalized spacial score (nSPS) is 15.9. The van der Waals surface area contributed by atoms with Crippen LogP contribution in [0, 0.1) is 12.7 Å². The van der Waals surface area contributed by atoms with Gasteiger partial charge in [-0.1, -0.05) is 0 Å². The lowest BCUT2D eigenvalue weighted by atomic mass is 10.1. The molecule has 0 unspecified atom stereocenters. The molecule has 3 rings (SSSR count). The quantitative estimate of drug-likeness (QED) is 0.858. The standard InChI is InChI=1S/C13H14FNO/c1-8-11-6-9(14)2-5-12(11)16-13(8)7-15-10-3-4-10/h2,5-6,10,15H,3-4,7H2,1H3. The van der Waals surface area contributed by atoms with Crippen molar-refractivity contribution in [1.29, 1.82) is 0 Å². The predicted molar refractivity (Wildman–Crippen MR) is 60.8 cm³/mol. The zero-order valence-corrected chi connectivity index (χ0v) is 9.22. The van der Waals surface area contributed by atoms with Gasteiger partial charge in [-0.15, -0.1) is 0 Å². The first kappa shape index (κ1) is 9.85. The van der Waals surface area contributed by atoms with Gasteiger partial charge in [0, 0.05) is 11.4 Å². The molecular formula is C13H14FNO.